The molecule has 0 aliphatic rings. The van der Waals surface area contributed by atoms with Gasteiger partial charge in [-0.25, -0.2) is 0 Å². The first-order valence-electron chi connectivity index (χ1n) is 6.45. The standard InChI is InChI=1S/C14H21N3O3/c1-9(18)12(15)14(20)17-11(13(19)16-2)8-10-6-4-3-5-7-10/h3-7,9,11-12,18H,8,15H2,1-2H3,(H,16,19)(H,17,20)/t9-,11+,12+/m1/s1. The molecule has 6 nitrogen and oxygen atoms in total. The molecule has 0 unspecified atom stereocenters. The summed E-state index contributed by atoms with van der Waals surface area (Å²) in [5.41, 5.74) is 6.47. The molecule has 0 spiro atoms. The average Bonchev–Trinajstić information content (AvgIpc) is 2.45. The maximum Gasteiger partial charge on any atom is 0.242 e. The molecule has 1 aromatic carbocycles. The van der Waals surface area contributed by atoms with Gasteiger partial charge in [0.25, 0.3) is 0 Å². The van der Waals surface area contributed by atoms with E-state index in [0.29, 0.717) is 6.42 Å². The number of nitrogens with two attached hydrogens (primary N) is 1. The number of hydrogen-bond acceptors (Lipinski definition) is 4. The van der Waals surface area contributed by atoms with Crippen molar-refractivity contribution in [3.63, 3.8) is 0 Å². The third kappa shape index (κ3) is 4.64. The SMILES string of the molecule is CNC(=O)[C@H](Cc1ccccc1)NC(=O)[C@@H](N)[C@@H](C)O. The second-order valence-corrected chi connectivity index (χ2v) is 4.63. The van der Waals surface area contributed by atoms with E-state index in [1.807, 2.05) is 30.3 Å². The number of rotatable bonds is 6. The van der Waals surface area contributed by atoms with Gasteiger partial charge in [0.15, 0.2) is 0 Å². The van der Waals surface area contributed by atoms with Crippen LogP contribution in [0.25, 0.3) is 0 Å². The van der Waals surface area contributed by atoms with Crippen LogP contribution in [0, 0.1) is 0 Å². The number of aliphatic hydroxyl groups is 1. The van der Waals surface area contributed by atoms with Gasteiger partial charge in [-0.2, -0.15) is 0 Å². The number of aliphatic hydroxyl groups excluding tert-OH is 1. The zero-order valence-corrected chi connectivity index (χ0v) is 11.7. The summed E-state index contributed by atoms with van der Waals surface area (Å²) in [6.45, 7) is 1.43. The number of carbonyl (C=O) groups is 2. The minimum absolute atomic E-state index is 0.306. The smallest absolute Gasteiger partial charge is 0.242 e. The average molecular weight is 279 g/mol. The lowest BCUT2D eigenvalue weighted by Gasteiger charge is -2.21. The van der Waals surface area contributed by atoms with E-state index >= 15 is 0 Å². The van der Waals surface area contributed by atoms with Gasteiger partial charge in [0.1, 0.15) is 12.1 Å². The largest absolute Gasteiger partial charge is 0.391 e. The Bertz CT molecular complexity index is 448. The molecule has 0 saturated heterocycles. The van der Waals surface area contributed by atoms with Gasteiger partial charge in [0, 0.05) is 13.5 Å². The molecule has 0 fully saturated rings. The van der Waals surface area contributed by atoms with Crippen molar-refractivity contribution in [3.8, 4) is 0 Å². The number of likely N-dealkylation sites (N-methyl/N-ethyl adjacent to an activating group) is 1. The van der Waals surface area contributed by atoms with Crippen LogP contribution in [0.15, 0.2) is 30.3 Å². The zero-order valence-electron chi connectivity index (χ0n) is 11.7. The quantitative estimate of drug-likeness (QED) is 0.545. The van der Waals surface area contributed by atoms with Crippen LogP contribution in [0.1, 0.15) is 12.5 Å². The number of carbonyl (C=O) groups excluding carboxylic acids is 2. The molecular formula is C14H21N3O3. The van der Waals surface area contributed by atoms with Gasteiger partial charge >= 0.3 is 0 Å². The van der Waals surface area contributed by atoms with Crippen LogP contribution >= 0.6 is 0 Å². The molecule has 0 bridgehead atoms. The van der Waals surface area contributed by atoms with Gasteiger partial charge in [-0.15, -0.1) is 0 Å². The van der Waals surface area contributed by atoms with E-state index in [1.165, 1.54) is 14.0 Å². The topological polar surface area (TPSA) is 104 Å². The van der Waals surface area contributed by atoms with Gasteiger partial charge in [-0.1, -0.05) is 30.3 Å². The zero-order chi connectivity index (χ0) is 15.1. The predicted octanol–water partition coefficient (Wildman–Crippen LogP) is -0.832. The minimum Gasteiger partial charge on any atom is -0.391 e. The predicted molar refractivity (Wildman–Crippen MR) is 75.8 cm³/mol. The number of benzene rings is 1. The highest BCUT2D eigenvalue weighted by atomic mass is 16.3. The molecule has 20 heavy (non-hydrogen) atoms. The van der Waals surface area contributed by atoms with Crippen molar-refractivity contribution in [2.24, 2.45) is 5.73 Å². The fraction of sp³-hybridized carbons (Fsp3) is 0.429. The summed E-state index contributed by atoms with van der Waals surface area (Å²) in [7, 11) is 1.50. The number of hydrogen-bond donors (Lipinski definition) is 4. The summed E-state index contributed by atoms with van der Waals surface area (Å²) in [4.78, 5) is 23.6. The molecule has 0 aliphatic carbocycles. The van der Waals surface area contributed by atoms with E-state index in [0.717, 1.165) is 5.56 Å². The van der Waals surface area contributed by atoms with Gasteiger partial charge in [0.2, 0.25) is 11.8 Å². The van der Waals surface area contributed by atoms with Crippen LogP contribution < -0.4 is 16.4 Å². The number of nitrogens with one attached hydrogen (secondary N) is 2. The third-order valence-corrected chi connectivity index (χ3v) is 2.98. The Morgan fingerprint density at radius 3 is 2.35 bits per heavy atom. The van der Waals surface area contributed by atoms with E-state index in [9.17, 15) is 14.7 Å². The fourth-order valence-corrected chi connectivity index (χ4v) is 1.72. The molecule has 1 rings (SSSR count). The summed E-state index contributed by atoms with van der Waals surface area (Å²) in [6.07, 6.45) is -0.615. The molecule has 110 valence electrons. The summed E-state index contributed by atoms with van der Waals surface area (Å²) in [5, 5.41) is 14.4. The minimum atomic E-state index is -1.06. The molecule has 1 aromatic rings. The second kappa shape index (κ2) is 7.62. The maximum atomic E-state index is 11.8. The van der Waals surface area contributed by atoms with Gasteiger partial charge in [0.05, 0.1) is 6.10 Å². The van der Waals surface area contributed by atoms with Crippen molar-refractivity contribution in [2.75, 3.05) is 7.05 Å². The summed E-state index contributed by atoms with van der Waals surface area (Å²) in [6, 6.07) is 7.56. The second-order valence-electron chi connectivity index (χ2n) is 4.63. The van der Waals surface area contributed by atoms with Gasteiger partial charge < -0.3 is 21.5 Å². The maximum absolute atomic E-state index is 11.8. The summed E-state index contributed by atoms with van der Waals surface area (Å²) in [5.74, 6) is -0.857. The van der Waals surface area contributed by atoms with Crippen molar-refractivity contribution < 1.29 is 14.7 Å². The Labute approximate surface area is 118 Å². The first-order chi connectivity index (χ1) is 9.45. The van der Waals surface area contributed by atoms with Crippen molar-refractivity contribution >= 4 is 11.8 Å². The van der Waals surface area contributed by atoms with Crippen molar-refractivity contribution in [2.45, 2.75) is 31.5 Å². The van der Waals surface area contributed by atoms with Crippen molar-refractivity contribution in [1.82, 2.24) is 10.6 Å². The monoisotopic (exact) mass is 279 g/mol. The number of amides is 2. The Hall–Kier alpha value is -1.92. The molecule has 2 amide bonds. The summed E-state index contributed by atoms with van der Waals surface area (Å²) < 4.78 is 0. The molecule has 0 aromatic heterocycles. The lowest BCUT2D eigenvalue weighted by molar-refractivity contribution is -0.130. The van der Waals surface area contributed by atoms with Crippen LogP contribution in [0.2, 0.25) is 0 Å². The normalized spacial score (nSPS) is 15.0. The molecular weight excluding hydrogens is 258 g/mol. The van der Waals surface area contributed by atoms with Crippen LogP contribution in [-0.4, -0.2) is 42.2 Å². The molecule has 0 heterocycles. The Morgan fingerprint density at radius 2 is 1.85 bits per heavy atom. The van der Waals surface area contributed by atoms with E-state index in [2.05, 4.69) is 10.6 Å². The highest BCUT2D eigenvalue weighted by molar-refractivity contribution is 5.90. The van der Waals surface area contributed by atoms with Crippen LogP contribution in [0.3, 0.4) is 0 Å². The first kappa shape index (κ1) is 16.1. The highest BCUT2D eigenvalue weighted by Gasteiger charge is 2.25. The third-order valence-electron chi connectivity index (χ3n) is 2.98. The van der Waals surface area contributed by atoms with Crippen molar-refractivity contribution in [3.05, 3.63) is 35.9 Å². The van der Waals surface area contributed by atoms with Crippen LogP contribution in [0.4, 0.5) is 0 Å². The van der Waals surface area contributed by atoms with Gasteiger partial charge in [-0.3, -0.25) is 9.59 Å². The van der Waals surface area contributed by atoms with E-state index in [1.54, 1.807) is 0 Å². The summed E-state index contributed by atoms with van der Waals surface area (Å²) >= 11 is 0. The first-order valence-corrected chi connectivity index (χ1v) is 6.45. The Morgan fingerprint density at radius 1 is 1.25 bits per heavy atom. The van der Waals surface area contributed by atoms with Gasteiger partial charge in [-0.05, 0) is 12.5 Å². The van der Waals surface area contributed by atoms with E-state index in [4.69, 9.17) is 5.73 Å². The van der Waals surface area contributed by atoms with E-state index < -0.39 is 24.1 Å². The molecule has 3 atom stereocenters. The van der Waals surface area contributed by atoms with Crippen molar-refractivity contribution in [1.29, 1.82) is 0 Å². The lowest BCUT2D eigenvalue weighted by atomic mass is 10.0. The van der Waals surface area contributed by atoms with Crippen LogP contribution in [0.5, 0.6) is 0 Å². The molecule has 0 aliphatic heterocycles. The lowest BCUT2D eigenvalue weighted by Crippen LogP contribution is -2.54. The Balaban J connectivity index is 2.75. The highest BCUT2D eigenvalue weighted by Crippen LogP contribution is 2.04. The molecule has 0 radical (unpaired) electrons. The van der Waals surface area contributed by atoms with Crippen LogP contribution in [-0.2, 0) is 16.0 Å². The molecule has 5 N–H and O–H groups in total. The Kier molecular flexibility index (Phi) is 6.14. The van der Waals surface area contributed by atoms with E-state index in [-0.39, 0.29) is 5.91 Å². The molecule has 0 saturated carbocycles. The fourth-order valence-electron chi connectivity index (χ4n) is 1.72. The molecule has 6 heteroatoms.